The lowest BCUT2D eigenvalue weighted by Crippen LogP contribution is -2.41. The molecule has 0 aliphatic heterocycles. The molecule has 1 nitrogen and oxygen atoms in total. The van der Waals surface area contributed by atoms with Crippen molar-refractivity contribution in [2.45, 2.75) is 58.4 Å². The average Bonchev–Trinajstić information content (AvgIpc) is 2.28. The SMILES string of the molecule is CC(C)Cc1cccc(C2(N)CCCC(C)C2)c1. The van der Waals surface area contributed by atoms with Crippen molar-refractivity contribution < 1.29 is 0 Å². The van der Waals surface area contributed by atoms with Crippen molar-refractivity contribution in [2.75, 3.05) is 0 Å². The second-order valence-electron chi connectivity index (χ2n) is 6.66. The van der Waals surface area contributed by atoms with Crippen molar-refractivity contribution in [3.63, 3.8) is 0 Å². The summed E-state index contributed by atoms with van der Waals surface area (Å²) in [4.78, 5) is 0. The second kappa shape index (κ2) is 5.44. The van der Waals surface area contributed by atoms with Crippen molar-refractivity contribution in [3.8, 4) is 0 Å². The van der Waals surface area contributed by atoms with Crippen molar-refractivity contribution in [1.29, 1.82) is 0 Å². The number of rotatable bonds is 3. The Kier molecular flexibility index (Phi) is 4.11. The molecule has 0 bridgehead atoms. The van der Waals surface area contributed by atoms with Gasteiger partial charge in [0.1, 0.15) is 0 Å². The Morgan fingerprint density at radius 1 is 1.39 bits per heavy atom. The molecule has 0 heterocycles. The van der Waals surface area contributed by atoms with Crippen LogP contribution in [0.3, 0.4) is 0 Å². The molecule has 0 radical (unpaired) electrons. The molecule has 100 valence electrons. The number of hydrogen-bond acceptors (Lipinski definition) is 1. The van der Waals surface area contributed by atoms with E-state index in [0.29, 0.717) is 5.92 Å². The standard InChI is InChI=1S/C17H27N/c1-13(2)10-15-7-4-8-16(11-15)17(18)9-5-6-14(3)12-17/h4,7-8,11,13-14H,5-6,9-10,12,18H2,1-3H3. The van der Waals surface area contributed by atoms with Crippen molar-refractivity contribution in [2.24, 2.45) is 17.6 Å². The largest absolute Gasteiger partial charge is 0.321 e. The Labute approximate surface area is 112 Å². The fourth-order valence-electron chi connectivity index (χ4n) is 3.33. The highest BCUT2D eigenvalue weighted by molar-refractivity contribution is 5.30. The number of hydrogen-bond donors (Lipinski definition) is 1. The first-order chi connectivity index (χ1) is 8.49. The Hall–Kier alpha value is -0.820. The molecule has 0 aromatic heterocycles. The van der Waals surface area contributed by atoms with Gasteiger partial charge in [-0.05, 0) is 42.2 Å². The van der Waals surface area contributed by atoms with Crippen LogP contribution in [0.5, 0.6) is 0 Å². The van der Waals surface area contributed by atoms with E-state index in [2.05, 4.69) is 45.0 Å². The molecule has 2 atom stereocenters. The molecule has 1 saturated carbocycles. The molecule has 1 heteroatoms. The summed E-state index contributed by atoms with van der Waals surface area (Å²) in [7, 11) is 0. The zero-order chi connectivity index (χ0) is 13.2. The van der Waals surface area contributed by atoms with Gasteiger partial charge in [0.25, 0.3) is 0 Å². The predicted molar refractivity (Wildman–Crippen MR) is 78.5 cm³/mol. The van der Waals surface area contributed by atoms with E-state index in [-0.39, 0.29) is 5.54 Å². The molecule has 1 aromatic carbocycles. The fraction of sp³-hybridized carbons (Fsp3) is 0.647. The highest BCUT2D eigenvalue weighted by Crippen LogP contribution is 2.38. The molecule has 0 saturated heterocycles. The highest BCUT2D eigenvalue weighted by atomic mass is 14.7. The lowest BCUT2D eigenvalue weighted by molar-refractivity contribution is 0.239. The van der Waals surface area contributed by atoms with Crippen LogP contribution in [0.4, 0.5) is 0 Å². The monoisotopic (exact) mass is 245 g/mol. The smallest absolute Gasteiger partial charge is 0.0412 e. The summed E-state index contributed by atoms with van der Waals surface area (Å²) in [6.45, 7) is 6.87. The van der Waals surface area contributed by atoms with E-state index in [9.17, 15) is 0 Å². The van der Waals surface area contributed by atoms with Gasteiger partial charge in [0.15, 0.2) is 0 Å². The number of nitrogens with two attached hydrogens (primary N) is 1. The van der Waals surface area contributed by atoms with Crippen LogP contribution >= 0.6 is 0 Å². The van der Waals surface area contributed by atoms with Gasteiger partial charge in [-0.15, -0.1) is 0 Å². The summed E-state index contributed by atoms with van der Waals surface area (Å²) in [5, 5.41) is 0. The quantitative estimate of drug-likeness (QED) is 0.846. The van der Waals surface area contributed by atoms with Crippen LogP contribution < -0.4 is 5.73 Å². The van der Waals surface area contributed by atoms with E-state index in [1.165, 1.54) is 24.0 Å². The van der Waals surface area contributed by atoms with Gasteiger partial charge in [-0.2, -0.15) is 0 Å². The Bertz CT molecular complexity index is 396. The summed E-state index contributed by atoms with van der Waals surface area (Å²) in [5.74, 6) is 1.47. The van der Waals surface area contributed by atoms with E-state index in [1.54, 1.807) is 0 Å². The summed E-state index contributed by atoms with van der Waals surface area (Å²) in [5.41, 5.74) is 9.38. The maximum absolute atomic E-state index is 6.67. The zero-order valence-electron chi connectivity index (χ0n) is 12.1. The van der Waals surface area contributed by atoms with E-state index < -0.39 is 0 Å². The molecule has 2 rings (SSSR count). The van der Waals surface area contributed by atoms with E-state index in [1.807, 2.05) is 0 Å². The van der Waals surface area contributed by atoms with Crippen molar-refractivity contribution in [1.82, 2.24) is 0 Å². The van der Waals surface area contributed by atoms with Gasteiger partial charge in [0.05, 0.1) is 0 Å². The minimum Gasteiger partial charge on any atom is -0.321 e. The predicted octanol–water partition coefficient (Wildman–Crippen LogP) is 4.25. The first-order valence-electron chi connectivity index (χ1n) is 7.38. The van der Waals surface area contributed by atoms with Crippen LogP contribution in [0.15, 0.2) is 24.3 Å². The van der Waals surface area contributed by atoms with Gasteiger partial charge in [0.2, 0.25) is 0 Å². The third-order valence-electron chi connectivity index (χ3n) is 4.18. The molecule has 1 aromatic rings. The molecular weight excluding hydrogens is 218 g/mol. The van der Waals surface area contributed by atoms with Gasteiger partial charge in [-0.3, -0.25) is 0 Å². The summed E-state index contributed by atoms with van der Waals surface area (Å²) in [6.07, 6.45) is 6.04. The minimum atomic E-state index is -0.0787. The number of benzene rings is 1. The van der Waals surface area contributed by atoms with E-state index in [0.717, 1.165) is 25.2 Å². The molecule has 1 fully saturated rings. The minimum absolute atomic E-state index is 0.0787. The maximum Gasteiger partial charge on any atom is 0.0412 e. The summed E-state index contributed by atoms with van der Waals surface area (Å²) >= 11 is 0. The van der Waals surface area contributed by atoms with Crippen LogP contribution in [0.25, 0.3) is 0 Å². The van der Waals surface area contributed by atoms with Gasteiger partial charge in [0, 0.05) is 5.54 Å². The first kappa shape index (κ1) is 13.6. The molecule has 0 amide bonds. The molecule has 18 heavy (non-hydrogen) atoms. The molecule has 0 spiro atoms. The van der Waals surface area contributed by atoms with Gasteiger partial charge >= 0.3 is 0 Å². The van der Waals surface area contributed by atoms with Gasteiger partial charge < -0.3 is 5.73 Å². The zero-order valence-corrected chi connectivity index (χ0v) is 12.1. The van der Waals surface area contributed by atoms with Gasteiger partial charge in [-0.25, -0.2) is 0 Å². The molecule has 1 aliphatic carbocycles. The Morgan fingerprint density at radius 2 is 2.17 bits per heavy atom. The Balaban J connectivity index is 2.21. The lowest BCUT2D eigenvalue weighted by atomic mass is 9.73. The molecule has 1 aliphatic rings. The van der Waals surface area contributed by atoms with Crippen LogP contribution in [-0.4, -0.2) is 0 Å². The van der Waals surface area contributed by atoms with Crippen molar-refractivity contribution in [3.05, 3.63) is 35.4 Å². The van der Waals surface area contributed by atoms with Crippen LogP contribution in [0.2, 0.25) is 0 Å². The van der Waals surface area contributed by atoms with E-state index in [4.69, 9.17) is 5.73 Å². The fourth-order valence-corrected chi connectivity index (χ4v) is 3.33. The second-order valence-corrected chi connectivity index (χ2v) is 6.66. The highest BCUT2D eigenvalue weighted by Gasteiger charge is 2.32. The van der Waals surface area contributed by atoms with Crippen molar-refractivity contribution >= 4 is 0 Å². The van der Waals surface area contributed by atoms with Crippen LogP contribution in [0, 0.1) is 11.8 Å². The van der Waals surface area contributed by atoms with Crippen LogP contribution in [-0.2, 0) is 12.0 Å². The third kappa shape index (κ3) is 3.14. The third-order valence-corrected chi connectivity index (χ3v) is 4.18. The topological polar surface area (TPSA) is 26.0 Å². The lowest BCUT2D eigenvalue weighted by Gasteiger charge is -2.37. The average molecular weight is 245 g/mol. The Morgan fingerprint density at radius 3 is 2.83 bits per heavy atom. The summed E-state index contributed by atoms with van der Waals surface area (Å²) < 4.78 is 0. The molecular formula is C17H27N. The van der Waals surface area contributed by atoms with Crippen LogP contribution in [0.1, 0.15) is 57.6 Å². The normalized spacial score (nSPS) is 28.6. The molecule has 2 N–H and O–H groups in total. The molecule has 2 unspecified atom stereocenters. The van der Waals surface area contributed by atoms with Gasteiger partial charge in [-0.1, -0.05) is 57.9 Å². The first-order valence-corrected chi connectivity index (χ1v) is 7.38. The summed E-state index contributed by atoms with van der Waals surface area (Å²) in [6, 6.07) is 8.99. The maximum atomic E-state index is 6.67. The van der Waals surface area contributed by atoms with E-state index >= 15 is 0 Å².